The Morgan fingerprint density at radius 2 is 1.73 bits per heavy atom. The van der Waals surface area contributed by atoms with Crippen LogP contribution in [0.3, 0.4) is 0 Å². The van der Waals surface area contributed by atoms with Gasteiger partial charge in [-0.15, -0.1) is 0 Å². The van der Waals surface area contributed by atoms with E-state index in [0.717, 1.165) is 24.3 Å². The first-order valence-electron chi connectivity index (χ1n) is 8.70. The molecule has 2 heterocycles. The number of carboxylic acid groups (broad SMARTS) is 1. The van der Waals surface area contributed by atoms with Crippen molar-refractivity contribution in [1.29, 1.82) is 0 Å². The monoisotopic (exact) mass is 355 g/mol. The van der Waals surface area contributed by atoms with Gasteiger partial charge in [0.25, 0.3) is 5.91 Å². The lowest BCUT2D eigenvalue weighted by Gasteiger charge is -2.43. The molecule has 0 bridgehead atoms. The minimum absolute atomic E-state index is 0.00567. The maximum absolute atomic E-state index is 12.0. The molecule has 0 saturated heterocycles. The Labute approximate surface area is 153 Å². The average Bonchev–Trinajstić information content (AvgIpc) is 3.03. The quantitative estimate of drug-likeness (QED) is 0.916. The van der Waals surface area contributed by atoms with E-state index in [-0.39, 0.29) is 11.4 Å². The first-order chi connectivity index (χ1) is 12.2. The maximum atomic E-state index is 12.0. The molecule has 0 atom stereocenters. The zero-order chi connectivity index (χ0) is 19.1. The minimum Gasteiger partial charge on any atom is -0.477 e. The molecule has 1 amide bonds. The highest BCUT2D eigenvalue weighted by Crippen LogP contribution is 2.34. The molecular formula is C20H25N3O3. The number of carboxylic acids is 1. The standard InChI is InChI=1S/C20H25N3O3/c1-20(2)17-10-9-16(19(25)26)23(17)12-11-22(20)13-14-5-7-15(8-6-14)18(24)21(3)4/h5-10H,11-13H2,1-4H3,(H,25,26). The number of rotatable bonds is 4. The van der Waals surface area contributed by atoms with Gasteiger partial charge in [-0.1, -0.05) is 12.1 Å². The molecule has 1 aromatic heterocycles. The number of hydrogen-bond acceptors (Lipinski definition) is 3. The van der Waals surface area contributed by atoms with Gasteiger partial charge in [-0.3, -0.25) is 9.69 Å². The second-order valence-electron chi connectivity index (χ2n) is 7.44. The highest BCUT2D eigenvalue weighted by atomic mass is 16.4. The van der Waals surface area contributed by atoms with Gasteiger partial charge >= 0.3 is 5.97 Å². The van der Waals surface area contributed by atoms with Crippen LogP contribution in [0.2, 0.25) is 0 Å². The molecule has 0 fully saturated rings. The van der Waals surface area contributed by atoms with Crippen molar-refractivity contribution in [2.75, 3.05) is 20.6 Å². The van der Waals surface area contributed by atoms with Crippen molar-refractivity contribution >= 4 is 11.9 Å². The van der Waals surface area contributed by atoms with Crippen LogP contribution >= 0.6 is 0 Å². The zero-order valence-corrected chi connectivity index (χ0v) is 15.7. The summed E-state index contributed by atoms with van der Waals surface area (Å²) in [5, 5.41) is 9.35. The predicted octanol–water partition coefficient (Wildman–Crippen LogP) is 2.64. The van der Waals surface area contributed by atoms with E-state index in [1.807, 2.05) is 34.9 Å². The fourth-order valence-electron chi connectivity index (χ4n) is 3.60. The van der Waals surface area contributed by atoms with Gasteiger partial charge in [0.15, 0.2) is 0 Å². The highest BCUT2D eigenvalue weighted by molar-refractivity contribution is 5.93. The van der Waals surface area contributed by atoms with Crippen LogP contribution in [0.4, 0.5) is 0 Å². The maximum Gasteiger partial charge on any atom is 0.352 e. The fraction of sp³-hybridized carbons (Fsp3) is 0.400. The number of carbonyl (C=O) groups is 2. The summed E-state index contributed by atoms with van der Waals surface area (Å²) in [7, 11) is 3.49. The van der Waals surface area contributed by atoms with Crippen molar-refractivity contribution in [3.05, 3.63) is 58.9 Å². The lowest BCUT2D eigenvalue weighted by Crippen LogP contribution is -2.48. The van der Waals surface area contributed by atoms with Crippen molar-refractivity contribution in [1.82, 2.24) is 14.4 Å². The smallest absolute Gasteiger partial charge is 0.352 e. The van der Waals surface area contributed by atoms with Crippen LogP contribution in [0, 0.1) is 0 Å². The Bertz CT molecular complexity index is 834. The molecule has 26 heavy (non-hydrogen) atoms. The molecule has 6 nitrogen and oxygen atoms in total. The topological polar surface area (TPSA) is 65.8 Å². The van der Waals surface area contributed by atoms with Gasteiger partial charge in [0, 0.05) is 45.0 Å². The summed E-state index contributed by atoms with van der Waals surface area (Å²) in [5.74, 6) is -0.893. The molecule has 0 aliphatic carbocycles. The summed E-state index contributed by atoms with van der Waals surface area (Å²) in [6, 6.07) is 11.3. The molecule has 138 valence electrons. The number of fused-ring (bicyclic) bond motifs is 1. The number of nitrogens with zero attached hydrogens (tertiary/aromatic N) is 3. The first kappa shape index (κ1) is 18.2. The minimum atomic E-state index is -0.887. The van der Waals surface area contributed by atoms with Gasteiger partial charge in [-0.2, -0.15) is 0 Å². The summed E-state index contributed by atoms with van der Waals surface area (Å²) in [5.41, 5.74) is 2.90. The van der Waals surface area contributed by atoms with Crippen molar-refractivity contribution in [3.8, 4) is 0 Å². The summed E-state index contributed by atoms with van der Waals surface area (Å²) < 4.78 is 1.90. The third-order valence-corrected chi connectivity index (χ3v) is 5.19. The molecule has 1 N–H and O–H groups in total. The van der Waals surface area contributed by atoms with Gasteiger partial charge in [0.2, 0.25) is 0 Å². The van der Waals surface area contributed by atoms with Crippen LogP contribution in [0.25, 0.3) is 0 Å². The van der Waals surface area contributed by atoms with Gasteiger partial charge in [-0.05, 0) is 43.7 Å². The van der Waals surface area contributed by atoms with Crippen LogP contribution in [0.15, 0.2) is 36.4 Å². The zero-order valence-electron chi connectivity index (χ0n) is 15.7. The Morgan fingerprint density at radius 3 is 2.31 bits per heavy atom. The molecule has 1 aliphatic heterocycles. The van der Waals surface area contributed by atoms with Crippen molar-refractivity contribution in [2.24, 2.45) is 0 Å². The van der Waals surface area contributed by atoms with E-state index in [1.165, 1.54) is 0 Å². The number of aromatic nitrogens is 1. The number of hydrogen-bond donors (Lipinski definition) is 1. The van der Waals surface area contributed by atoms with Crippen LogP contribution in [0.1, 0.15) is 46.0 Å². The predicted molar refractivity (Wildman–Crippen MR) is 99.3 cm³/mol. The third-order valence-electron chi connectivity index (χ3n) is 5.19. The number of benzene rings is 1. The third kappa shape index (κ3) is 3.12. The van der Waals surface area contributed by atoms with Crippen LogP contribution in [-0.2, 0) is 18.6 Å². The van der Waals surface area contributed by atoms with E-state index in [2.05, 4.69) is 18.7 Å². The summed E-state index contributed by atoms with van der Waals surface area (Å²) >= 11 is 0. The van der Waals surface area contributed by atoms with Crippen molar-refractivity contribution < 1.29 is 14.7 Å². The second kappa shape index (κ2) is 6.61. The van der Waals surface area contributed by atoms with Gasteiger partial charge < -0.3 is 14.6 Å². The van der Waals surface area contributed by atoms with Gasteiger partial charge in [0.05, 0.1) is 5.54 Å². The summed E-state index contributed by atoms with van der Waals surface area (Å²) in [6.45, 7) is 6.41. The normalized spacial score (nSPS) is 16.2. The first-order valence-corrected chi connectivity index (χ1v) is 8.70. The lowest BCUT2D eigenvalue weighted by atomic mass is 9.94. The van der Waals surface area contributed by atoms with E-state index in [9.17, 15) is 14.7 Å². The molecular weight excluding hydrogens is 330 g/mol. The number of carbonyl (C=O) groups excluding carboxylic acids is 1. The van der Waals surface area contributed by atoms with Gasteiger partial charge in [0.1, 0.15) is 5.69 Å². The Kier molecular flexibility index (Phi) is 4.63. The fourth-order valence-corrected chi connectivity index (χ4v) is 3.60. The number of aromatic carboxylic acids is 1. The summed E-state index contributed by atoms with van der Waals surface area (Å²) in [4.78, 5) is 27.3. The molecule has 0 unspecified atom stereocenters. The lowest BCUT2D eigenvalue weighted by molar-refractivity contribution is 0.0623. The molecule has 1 aliphatic rings. The molecule has 6 heteroatoms. The molecule has 2 aromatic rings. The number of amides is 1. The van der Waals surface area contributed by atoms with Crippen LogP contribution in [0.5, 0.6) is 0 Å². The molecule has 1 aromatic carbocycles. The average molecular weight is 355 g/mol. The van der Waals surface area contributed by atoms with Crippen LogP contribution < -0.4 is 0 Å². The Morgan fingerprint density at radius 1 is 1.08 bits per heavy atom. The van der Waals surface area contributed by atoms with E-state index < -0.39 is 5.97 Å². The highest BCUT2D eigenvalue weighted by Gasteiger charge is 2.36. The Balaban J connectivity index is 1.80. The second-order valence-corrected chi connectivity index (χ2v) is 7.44. The van der Waals surface area contributed by atoms with Crippen molar-refractivity contribution in [3.63, 3.8) is 0 Å². The van der Waals surface area contributed by atoms with E-state index >= 15 is 0 Å². The van der Waals surface area contributed by atoms with Crippen LogP contribution in [-0.4, -0.2) is 52.0 Å². The molecule has 0 spiro atoms. The molecule has 0 saturated carbocycles. The largest absolute Gasteiger partial charge is 0.477 e. The molecule has 0 radical (unpaired) electrons. The van der Waals surface area contributed by atoms with Gasteiger partial charge in [-0.25, -0.2) is 4.79 Å². The van der Waals surface area contributed by atoms with E-state index in [0.29, 0.717) is 17.8 Å². The Hall–Kier alpha value is -2.60. The van der Waals surface area contributed by atoms with Crippen molar-refractivity contribution in [2.45, 2.75) is 32.5 Å². The van der Waals surface area contributed by atoms with E-state index in [1.54, 1.807) is 25.1 Å². The summed E-state index contributed by atoms with van der Waals surface area (Å²) in [6.07, 6.45) is 0. The SMILES string of the molecule is CN(C)C(=O)c1ccc(CN2CCn3c(C(=O)O)ccc3C2(C)C)cc1. The molecule has 3 rings (SSSR count). The van der Waals surface area contributed by atoms with E-state index in [4.69, 9.17) is 0 Å².